The van der Waals surface area contributed by atoms with Gasteiger partial charge in [0.15, 0.2) is 5.82 Å². The van der Waals surface area contributed by atoms with Crippen LogP contribution in [0.25, 0.3) is 11.4 Å². The van der Waals surface area contributed by atoms with Crippen LogP contribution in [0.4, 0.5) is 0 Å². The van der Waals surface area contributed by atoms with Crippen molar-refractivity contribution < 1.29 is 9.21 Å². The molecule has 1 aromatic carbocycles. The number of benzene rings is 1. The van der Waals surface area contributed by atoms with Gasteiger partial charge in [-0.2, -0.15) is 0 Å². The maximum absolute atomic E-state index is 12.2. The van der Waals surface area contributed by atoms with Gasteiger partial charge in [-0.05, 0) is 31.2 Å². The molecule has 130 valence electrons. The van der Waals surface area contributed by atoms with Crippen LogP contribution >= 0.6 is 23.4 Å². The first-order valence-electron chi connectivity index (χ1n) is 7.48. The lowest BCUT2D eigenvalue weighted by molar-refractivity contribution is -0.120. The van der Waals surface area contributed by atoms with Gasteiger partial charge in [-0.25, -0.2) is 4.68 Å². The summed E-state index contributed by atoms with van der Waals surface area (Å²) in [5.41, 5.74) is 0.681. The lowest BCUT2D eigenvalue weighted by Gasteiger charge is -2.11. The Hall–Kier alpha value is -2.45. The zero-order chi connectivity index (χ0) is 17.8. The standard InChI is InChI=1S/C16H16ClN5O2S/c1-10(15(23)19-9-11-5-4-8-24-11)25-16-21-20-14(22(16)18)12-6-2-3-7-13(12)17/h2-8,10H,9,18H2,1H3,(H,19,23)/t10-/m0/s1. The topological polar surface area (TPSA) is 99.0 Å². The molecule has 0 unspecified atom stereocenters. The summed E-state index contributed by atoms with van der Waals surface area (Å²) < 4.78 is 6.52. The second-order valence-electron chi connectivity index (χ2n) is 5.21. The fraction of sp³-hybridized carbons (Fsp3) is 0.188. The van der Waals surface area contributed by atoms with Crippen LogP contribution in [0.15, 0.2) is 52.2 Å². The number of halogens is 1. The number of thioether (sulfide) groups is 1. The van der Waals surface area contributed by atoms with E-state index in [4.69, 9.17) is 21.9 Å². The molecule has 0 aliphatic carbocycles. The monoisotopic (exact) mass is 377 g/mol. The van der Waals surface area contributed by atoms with Crippen LogP contribution < -0.4 is 11.2 Å². The summed E-state index contributed by atoms with van der Waals surface area (Å²) in [5, 5.41) is 11.5. The zero-order valence-electron chi connectivity index (χ0n) is 13.3. The number of carbonyl (C=O) groups excluding carboxylic acids is 1. The molecule has 3 rings (SSSR count). The van der Waals surface area contributed by atoms with E-state index in [0.717, 1.165) is 0 Å². The Morgan fingerprint density at radius 2 is 2.16 bits per heavy atom. The summed E-state index contributed by atoms with van der Waals surface area (Å²) in [6, 6.07) is 10.8. The van der Waals surface area contributed by atoms with Crippen LogP contribution in [-0.4, -0.2) is 26.0 Å². The summed E-state index contributed by atoms with van der Waals surface area (Å²) >= 11 is 7.39. The van der Waals surface area contributed by atoms with Crippen molar-refractivity contribution >= 4 is 29.3 Å². The van der Waals surface area contributed by atoms with Gasteiger partial charge >= 0.3 is 0 Å². The third kappa shape index (κ3) is 3.97. The van der Waals surface area contributed by atoms with E-state index in [0.29, 0.717) is 33.9 Å². The molecule has 0 saturated carbocycles. The third-order valence-electron chi connectivity index (χ3n) is 3.45. The molecule has 1 atom stereocenters. The van der Waals surface area contributed by atoms with Gasteiger partial charge in [0.1, 0.15) is 5.76 Å². The van der Waals surface area contributed by atoms with Crippen LogP contribution in [0.1, 0.15) is 12.7 Å². The number of nitrogens with zero attached hydrogens (tertiary/aromatic N) is 3. The predicted octanol–water partition coefficient (Wildman–Crippen LogP) is 2.70. The van der Waals surface area contributed by atoms with Gasteiger partial charge in [0.25, 0.3) is 0 Å². The lowest BCUT2D eigenvalue weighted by atomic mass is 10.2. The summed E-state index contributed by atoms with van der Waals surface area (Å²) in [6.45, 7) is 2.10. The van der Waals surface area contributed by atoms with Gasteiger partial charge in [-0.3, -0.25) is 4.79 Å². The normalized spacial score (nSPS) is 12.1. The molecule has 2 heterocycles. The number of aromatic nitrogens is 3. The Bertz CT molecular complexity index is 865. The number of hydrogen-bond donors (Lipinski definition) is 2. The minimum Gasteiger partial charge on any atom is -0.467 e. The van der Waals surface area contributed by atoms with Crippen molar-refractivity contribution in [2.24, 2.45) is 0 Å². The second-order valence-corrected chi connectivity index (χ2v) is 6.93. The molecule has 0 radical (unpaired) electrons. The molecule has 1 amide bonds. The van der Waals surface area contributed by atoms with Gasteiger partial charge in [0, 0.05) is 5.56 Å². The Kier molecular flexibility index (Phi) is 5.30. The van der Waals surface area contributed by atoms with Crippen LogP contribution in [0, 0.1) is 0 Å². The average Bonchev–Trinajstić information content (AvgIpc) is 3.24. The molecule has 7 nitrogen and oxygen atoms in total. The first-order valence-corrected chi connectivity index (χ1v) is 8.74. The zero-order valence-corrected chi connectivity index (χ0v) is 14.9. The predicted molar refractivity (Wildman–Crippen MR) is 96.5 cm³/mol. The van der Waals surface area contributed by atoms with E-state index in [9.17, 15) is 4.79 Å². The molecular formula is C16H16ClN5O2S. The van der Waals surface area contributed by atoms with Crippen molar-refractivity contribution in [1.82, 2.24) is 20.2 Å². The molecule has 3 N–H and O–H groups in total. The average molecular weight is 378 g/mol. The largest absolute Gasteiger partial charge is 0.467 e. The first-order chi connectivity index (χ1) is 12.1. The minimum absolute atomic E-state index is 0.149. The molecule has 0 saturated heterocycles. The van der Waals surface area contributed by atoms with E-state index in [2.05, 4.69) is 15.5 Å². The fourth-order valence-corrected chi connectivity index (χ4v) is 3.14. The van der Waals surface area contributed by atoms with E-state index in [1.54, 1.807) is 31.4 Å². The number of nitrogens with one attached hydrogen (secondary N) is 1. The number of nitrogen functional groups attached to an aromatic ring is 1. The Morgan fingerprint density at radius 3 is 2.88 bits per heavy atom. The summed E-state index contributed by atoms with van der Waals surface area (Å²) in [5.74, 6) is 7.05. The third-order valence-corrected chi connectivity index (χ3v) is 4.83. The molecule has 9 heteroatoms. The van der Waals surface area contributed by atoms with Gasteiger partial charge < -0.3 is 15.6 Å². The smallest absolute Gasteiger partial charge is 0.233 e. The maximum Gasteiger partial charge on any atom is 0.233 e. The summed E-state index contributed by atoms with van der Waals surface area (Å²) in [6.07, 6.45) is 1.56. The van der Waals surface area contributed by atoms with Crippen LogP contribution in [0.3, 0.4) is 0 Å². The fourth-order valence-electron chi connectivity index (χ4n) is 2.13. The SMILES string of the molecule is C[C@H](Sc1nnc(-c2ccccc2Cl)n1N)C(=O)NCc1ccco1. The number of hydrogen-bond acceptors (Lipinski definition) is 6. The molecule has 2 aromatic heterocycles. The van der Waals surface area contributed by atoms with Crippen LogP contribution in [0.2, 0.25) is 5.02 Å². The number of nitrogens with two attached hydrogens (primary N) is 1. The van der Waals surface area contributed by atoms with E-state index >= 15 is 0 Å². The molecule has 0 bridgehead atoms. The molecule has 0 aliphatic heterocycles. The minimum atomic E-state index is -0.402. The van der Waals surface area contributed by atoms with Crippen LogP contribution in [-0.2, 0) is 11.3 Å². The van der Waals surface area contributed by atoms with E-state index in [-0.39, 0.29) is 5.91 Å². The van der Waals surface area contributed by atoms with Crippen molar-refractivity contribution in [2.45, 2.75) is 23.9 Å². The lowest BCUT2D eigenvalue weighted by Crippen LogP contribution is -2.30. The van der Waals surface area contributed by atoms with E-state index < -0.39 is 5.25 Å². The summed E-state index contributed by atoms with van der Waals surface area (Å²) in [7, 11) is 0. The Balaban J connectivity index is 1.67. The number of amides is 1. The van der Waals surface area contributed by atoms with Crippen LogP contribution in [0.5, 0.6) is 0 Å². The molecule has 0 aliphatic rings. The molecular weight excluding hydrogens is 362 g/mol. The number of rotatable bonds is 6. The Morgan fingerprint density at radius 1 is 1.36 bits per heavy atom. The second kappa shape index (κ2) is 7.62. The number of carbonyl (C=O) groups is 1. The first kappa shape index (κ1) is 17.4. The highest BCUT2D eigenvalue weighted by Gasteiger charge is 2.20. The van der Waals surface area contributed by atoms with Gasteiger partial charge in [-0.15, -0.1) is 10.2 Å². The van der Waals surface area contributed by atoms with Crippen molar-refractivity contribution in [3.63, 3.8) is 0 Å². The maximum atomic E-state index is 12.2. The molecule has 0 spiro atoms. The number of furan rings is 1. The van der Waals surface area contributed by atoms with Crippen molar-refractivity contribution in [3.8, 4) is 11.4 Å². The van der Waals surface area contributed by atoms with E-state index in [1.165, 1.54) is 16.4 Å². The molecule has 25 heavy (non-hydrogen) atoms. The highest BCUT2D eigenvalue weighted by Crippen LogP contribution is 2.28. The highest BCUT2D eigenvalue weighted by molar-refractivity contribution is 8.00. The van der Waals surface area contributed by atoms with Crippen molar-refractivity contribution in [2.75, 3.05) is 5.84 Å². The highest BCUT2D eigenvalue weighted by atomic mass is 35.5. The van der Waals surface area contributed by atoms with Gasteiger partial charge in [0.2, 0.25) is 11.1 Å². The van der Waals surface area contributed by atoms with Crippen molar-refractivity contribution in [1.29, 1.82) is 0 Å². The quantitative estimate of drug-likeness (QED) is 0.506. The van der Waals surface area contributed by atoms with E-state index in [1.807, 2.05) is 18.2 Å². The van der Waals surface area contributed by atoms with Gasteiger partial charge in [-0.1, -0.05) is 35.5 Å². The van der Waals surface area contributed by atoms with Gasteiger partial charge in [0.05, 0.1) is 23.1 Å². The Labute approximate surface area is 153 Å². The molecule has 3 aromatic rings. The van der Waals surface area contributed by atoms with Crippen molar-refractivity contribution in [3.05, 3.63) is 53.4 Å². The molecule has 0 fully saturated rings. The summed E-state index contributed by atoms with van der Waals surface area (Å²) in [4.78, 5) is 12.2.